The van der Waals surface area contributed by atoms with Crippen LogP contribution in [0.15, 0.2) is 0 Å². The monoisotopic (exact) mass is 244 g/mol. The second kappa shape index (κ2) is 9.42. The van der Waals surface area contributed by atoms with Gasteiger partial charge in [-0.1, -0.05) is 46.5 Å². The minimum Gasteiger partial charge on any atom is -0.391 e. The second-order valence-electron chi connectivity index (χ2n) is 4.64. The molecule has 102 valence electrons. The summed E-state index contributed by atoms with van der Waals surface area (Å²) < 4.78 is 0. The molecule has 4 heteroatoms. The zero-order valence-electron chi connectivity index (χ0n) is 11.4. The van der Waals surface area contributed by atoms with Crippen molar-refractivity contribution in [2.75, 3.05) is 6.54 Å². The molecule has 0 aliphatic heterocycles. The Morgan fingerprint density at radius 3 is 2.35 bits per heavy atom. The highest BCUT2D eigenvalue weighted by molar-refractivity contribution is 5.81. The summed E-state index contributed by atoms with van der Waals surface area (Å²) >= 11 is 0. The van der Waals surface area contributed by atoms with Crippen molar-refractivity contribution in [2.45, 2.75) is 65.0 Å². The summed E-state index contributed by atoms with van der Waals surface area (Å²) in [4.78, 5) is 11.6. The van der Waals surface area contributed by atoms with Gasteiger partial charge in [0, 0.05) is 6.54 Å². The first kappa shape index (κ1) is 16.4. The molecule has 0 aromatic carbocycles. The summed E-state index contributed by atoms with van der Waals surface area (Å²) in [5, 5.41) is 12.6. The normalized spacial score (nSPS) is 14.7. The standard InChI is InChI=1S/C13H28N2O2/c1-4-7-8-11(14)13(17)15-9-12(16)10(5-2)6-3/h10-12,16H,4-9,14H2,1-3H3,(H,15,17). The molecule has 2 unspecified atom stereocenters. The third kappa shape index (κ3) is 6.64. The van der Waals surface area contributed by atoms with Crippen molar-refractivity contribution in [1.82, 2.24) is 5.32 Å². The zero-order chi connectivity index (χ0) is 13.3. The van der Waals surface area contributed by atoms with Crippen LogP contribution in [0.4, 0.5) is 0 Å². The van der Waals surface area contributed by atoms with Crippen LogP contribution in [0.5, 0.6) is 0 Å². The number of hydrogen-bond acceptors (Lipinski definition) is 3. The average molecular weight is 244 g/mol. The first-order valence-electron chi connectivity index (χ1n) is 6.78. The van der Waals surface area contributed by atoms with Crippen LogP contribution in [0.2, 0.25) is 0 Å². The SMILES string of the molecule is CCCCC(N)C(=O)NCC(O)C(CC)CC. The minimum atomic E-state index is -0.465. The van der Waals surface area contributed by atoms with Gasteiger partial charge in [0.15, 0.2) is 0 Å². The summed E-state index contributed by atoms with van der Waals surface area (Å²) in [5.41, 5.74) is 5.74. The Hall–Kier alpha value is -0.610. The Morgan fingerprint density at radius 2 is 1.88 bits per heavy atom. The molecule has 0 saturated carbocycles. The van der Waals surface area contributed by atoms with Crippen LogP contribution in [-0.4, -0.2) is 29.7 Å². The number of carbonyl (C=O) groups is 1. The van der Waals surface area contributed by atoms with E-state index in [-0.39, 0.29) is 11.8 Å². The first-order chi connectivity index (χ1) is 8.06. The predicted octanol–water partition coefficient (Wildman–Crippen LogP) is 1.42. The largest absolute Gasteiger partial charge is 0.391 e. The molecular formula is C13H28N2O2. The van der Waals surface area contributed by atoms with E-state index in [0.29, 0.717) is 13.0 Å². The van der Waals surface area contributed by atoms with Gasteiger partial charge in [0.05, 0.1) is 12.1 Å². The topological polar surface area (TPSA) is 75.4 Å². The number of unbranched alkanes of at least 4 members (excludes halogenated alkanes) is 1. The van der Waals surface area contributed by atoms with Gasteiger partial charge in [-0.3, -0.25) is 4.79 Å². The molecule has 4 N–H and O–H groups in total. The molecule has 2 atom stereocenters. The number of carbonyl (C=O) groups excluding carboxylic acids is 1. The molecule has 0 aliphatic carbocycles. The summed E-state index contributed by atoms with van der Waals surface area (Å²) in [6, 6.07) is -0.441. The van der Waals surface area contributed by atoms with E-state index in [1.807, 2.05) is 13.8 Å². The van der Waals surface area contributed by atoms with Crippen LogP contribution >= 0.6 is 0 Å². The number of aliphatic hydroxyl groups excluding tert-OH is 1. The van der Waals surface area contributed by atoms with Crippen molar-refractivity contribution >= 4 is 5.91 Å². The Kier molecular flexibility index (Phi) is 9.09. The Balaban J connectivity index is 3.89. The molecule has 0 fully saturated rings. The number of hydrogen-bond donors (Lipinski definition) is 3. The highest BCUT2D eigenvalue weighted by Gasteiger charge is 2.18. The van der Waals surface area contributed by atoms with Crippen molar-refractivity contribution in [3.63, 3.8) is 0 Å². The predicted molar refractivity (Wildman–Crippen MR) is 70.6 cm³/mol. The lowest BCUT2D eigenvalue weighted by molar-refractivity contribution is -0.123. The molecule has 0 aliphatic rings. The molecule has 0 radical (unpaired) electrons. The van der Waals surface area contributed by atoms with E-state index in [9.17, 15) is 9.90 Å². The Bertz CT molecular complexity index is 206. The van der Waals surface area contributed by atoms with E-state index in [2.05, 4.69) is 12.2 Å². The van der Waals surface area contributed by atoms with Crippen LogP contribution in [0.25, 0.3) is 0 Å². The van der Waals surface area contributed by atoms with Gasteiger partial charge >= 0.3 is 0 Å². The molecule has 0 aromatic rings. The lowest BCUT2D eigenvalue weighted by atomic mass is 9.96. The van der Waals surface area contributed by atoms with Crippen molar-refractivity contribution in [3.05, 3.63) is 0 Å². The van der Waals surface area contributed by atoms with Crippen LogP contribution in [0.3, 0.4) is 0 Å². The molecule has 0 heterocycles. The molecule has 0 rings (SSSR count). The Morgan fingerprint density at radius 1 is 1.29 bits per heavy atom. The summed E-state index contributed by atoms with van der Waals surface area (Å²) in [7, 11) is 0. The zero-order valence-corrected chi connectivity index (χ0v) is 11.4. The van der Waals surface area contributed by atoms with Crippen molar-refractivity contribution in [3.8, 4) is 0 Å². The third-order valence-corrected chi connectivity index (χ3v) is 3.28. The molecule has 4 nitrogen and oxygen atoms in total. The van der Waals surface area contributed by atoms with Crippen molar-refractivity contribution in [2.24, 2.45) is 11.7 Å². The van der Waals surface area contributed by atoms with Gasteiger partial charge in [-0.05, 0) is 12.3 Å². The minimum absolute atomic E-state index is 0.150. The molecule has 0 aromatic heterocycles. The Labute approximate surface area is 105 Å². The summed E-state index contributed by atoms with van der Waals surface area (Å²) in [6.07, 6.45) is 4.10. The molecule has 1 amide bonds. The number of aliphatic hydroxyl groups is 1. The lowest BCUT2D eigenvalue weighted by Gasteiger charge is -2.21. The molecule has 0 saturated heterocycles. The molecule has 0 spiro atoms. The van der Waals surface area contributed by atoms with Crippen LogP contribution in [-0.2, 0) is 4.79 Å². The molecule has 17 heavy (non-hydrogen) atoms. The summed E-state index contributed by atoms with van der Waals surface area (Å²) in [5.74, 6) is 0.102. The van der Waals surface area contributed by atoms with Crippen molar-refractivity contribution in [1.29, 1.82) is 0 Å². The summed E-state index contributed by atoms with van der Waals surface area (Å²) in [6.45, 7) is 6.48. The van der Waals surface area contributed by atoms with Gasteiger partial charge < -0.3 is 16.2 Å². The maximum atomic E-state index is 11.6. The fourth-order valence-corrected chi connectivity index (χ4v) is 1.89. The highest BCUT2D eigenvalue weighted by Crippen LogP contribution is 2.12. The van der Waals surface area contributed by atoms with E-state index in [4.69, 9.17) is 5.73 Å². The number of rotatable bonds is 9. The van der Waals surface area contributed by atoms with Gasteiger partial charge in [-0.25, -0.2) is 0 Å². The van der Waals surface area contributed by atoms with E-state index < -0.39 is 12.1 Å². The fourth-order valence-electron chi connectivity index (χ4n) is 1.89. The van der Waals surface area contributed by atoms with Gasteiger partial charge in [0.25, 0.3) is 0 Å². The second-order valence-corrected chi connectivity index (χ2v) is 4.64. The maximum absolute atomic E-state index is 11.6. The fraction of sp³-hybridized carbons (Fsp3) is 0.923. The van der Waals surface area contributed by atoms with Crippen LogP contribution in [0.1, 0.15) is 52.9 Å². The molecular weight excluding hydrogens is 216 g/mol. The number of nitrogens with one attached hydrogen (secondary N) is 1. The average Bonchev–Trinajstić information content (AvgIpc) is 2.34. The van der Waals surface area contributed by atoms with E-state index in [0.717, 1.165) is 25.7 Å². The van der Waals surface area contributed by atoms with E-state index in [1.165, 1.54) is 0 Å². The number of amides is 1. The highest BCUT2D eigenvalue weighted by atomic mass is 16.3. The van der Waals surface area contributed by atoms with Crippen LogP contribution < -0.4 is 11.1 Å². The lowest BCUT2D eigenvalue weighted by Crippen LogP contribution is -2.44. The van der Waals surface area contributed by atoms with Gasteiger partial charge in [0.1, 0.15) is 0 Å². The molecule has 0 bridgehead atoms. The number of nitrogens with two attached hydrogens (primary N) is 1. The van der Waals surface area contributed by atoms with Crippen LogP contribution in [0, 0.1) is 5.92 Å². The maximum Gasteiger partial charge on any atom is 0.237 e. The van der Waals surface area contributed by atoms with Gasteiger partial charge in [-0.2, -0.15) is 0 Å². The smallest absolute Gasteiger partial charge is 0.237 e. The quantitative estimate of drug-likeness (QED) is 0.574. The van der Waals surface area contributed by atoms with Gasteiger partial charge in [-0.15, -0.1) is 0 Å². The van der Waals surface area contributed by atoms with E-state index >= 15 is 0 Å². The third-order valence-electron chi connectivity index (χ3n) is 3.28. The van der Waals surface area contributed by atoms with Crippen molar-refractivity contribution < 1.29 is 9.90 Å². The van der Waals surface area contributed by atoms with E-state index in [1.54, 1.807) is 0 Å². The first-order valence-corrected chi connectivity index (χ1v) is 6.78. The van der Waals surface area contributed by atoms with Gasteiger partial charge in [0.2, 0.25) is 5.91 Å².